The molecule has 0 aliphatic carbocycles. The molecule has 0 N–H and O–H groups in total. The van der Waals surface area contributed by atoms with Crippen molar-refractivity contribution in [3.8, 4) is 5.75 Å². The van der Waals surface area contributed by atoms with Crippen molar-refractivity contribution in [2.75, 3.05) is 26.2 Å². The predicted octanol–water partition coefficient (Wildman–Crippen LogP) is 4.71. The molecule has 1 aromatic carbocycles. The molecule has 0 saturated carbocycles. The van der Waals surface area contributed by atoms with Gasteiger partial charge in [-0.05, 0) is 61.0 Å². The van der Waals surface area contributed by atoms with E-state index in [4.69, 9.17) is 9.15 Å². The molecule has 0 unspecified atom stereocenters. The largest absolute Gasteiger partial charge is 0.491 e. The average Bonchev–Trinajstić information content (AvgIpc) is 3.50. The highest BCUT2D eigenvalue weighted by Gasteiger charge is 2.33. The molecule has 4 rings (SSSR count). The summed E-state index contributed by atoms with van der Waals surface area (Å²) >= 11 is 1.72. The van der Waals surface area contributed by atoms with Gasteiger partial charge in [-0.25, -0.2) is 0 Å². The number of hydrogen-bond donors (Lipinski definition) is 0. The lowest BCUT2D eigenvalue weighted by atomic mass is 10.0. The second-order valence-electron chi connectivity index (χ2n) is 7.98. The third-order valence-corrected chi connectivity index (χ3v) is 6.68. The van der Waals surface area contributed by atoms with E-state index in [1.165, 1.54) is 16.7 Å². The summed E-state index contributed by atoms with van der Waals surface area (Å²) in [6.45, 7) is 5.53. The molecule has 0 radical (unpaired) electrons. The van der Waals surface area contributed by atoms with Gasteiger partial charge in [0.15, 0.2) is 5.76 Å². The first-order chi connectivity index (χ1) is 15.6. The molecule has 2 amide bonds. The van der Waals surface area contributed by atoms with Crippen LogP contribution >= 0.6 is 11.3 Å². The van der Waals surface area contributed by atoms with Crippen LogP contribution in [0.15, 0.2) is 58.5 Å². The Bertz CT molecular complexity index is 1040. The lowest BCUT2D eigenvalue weighted by molar-refractivity contribution is -0.135. The maximum Gasteiger partial charge on any atom is 0.290 e. The van der Waals surface area contributed by atoms with E-state index in [0.29, 0.717) is 19.7 Å². The average molecular weight is 453 g/mol. The van der Waals surface area contributed by atoms with Gasteiger partial charge >= 0.3 is 0 Å². The monoisotopic (exact) mass is 452 g/mol. The fourth-order valence-electron chi connectivity index (χ4n) is 4.02. The molecule has 0 bridgehead atoms. The molecule has 1 aliphatic heterocycles. The molecular formula is C25H28N2O4S. The van der Waals surface area contributed by atoms with Crippen LogP contribution in [0, 0.1) is 6.92 Å². The first-order valence-corrected chi connectivity index (χ1v) is 11.8. The van der Waals surface area contributed by atoms with Crippen LogP contribution in [0.1, 0.15) is 45.9 Å². The van der Waals surface area contributed by atoms with E-state index in [-0.39, 0.29) is 30.2 Å². The minimum Gasteiger partial charge on any atom is -0.491 e. The van der Waals surface area contributed by atoms with E-state index in [1.54, 1.807) is 28.4 Å². The third-order valence-electron chi connectivity index (χ3n) is 5.68. The summed E-state index contributed by atoms with van der Waals surface area (Å²) < 4.78 is 11.3. The van der Waals surface area contributed by atoms with Crippen LogP contribution in [0.5, 0.6) is 5.75 Å². The lowest BCUT2D eigenvalue weighted by Crippen LogP contribution is -2.48. The highest BCUT2D eigenvalue weighted by atomic mass is 32.1. The molecule has 168 valence electrons. The summed E-state index contributed by atoms with van der Waals surface area (Å²) in [5.74, 6) is 0.703. The number of fused-ring (bicyclic) bond motifs is 1. The summed E-state index contributed by atoms with van der Waals surface area (Å²) in [6, 6.07) is 13.1. The van der Waals surface area contributed by atoms with E-state index in [1.807, 2.05) is 43.0 Å². The number of benzene rings is 1. The minimum absolute atomic E-state index is 0.0217. The number of thiophene rings is 1. The van der Waals surface area contributed by atoms with Crippen molar-refractivity contribution in [1.82, 2.24) is 9.80 Å². The van der Waals surface area contributed by atoms with Gasteiger partial charge in [-0.3, -0.25) is 9.59 Å². The molecule has 3 aromatic rings. The Morgan fingerprint density at radius 2 is 2.03 bits per heavy atom. The second kappa shape index (κ2) is 10.0. The third kappa shape index (κ3) is 4.88. The van der Waals surface area contributed by atoms with Crippen molar-refractivity contribution in [2.24, 2.45) is 0 Å². The number of aryl methyl sites for hydroxylation is 1. The highest BCUT2D eigenvalue weighted by molar-refractivity contribution is 7.10. The van der Waals surface area contributed by atoms with Crippen LogP contribution in [0.4, 0.5) is 0 Å². The van der Waals surface area contributed by atoms with Gasteiger partial charge in [-0.2, -0.15) is 0 Å². The van der Waals surface area contributed by atoms with Crippen LogP contribution in [0.2, 0.25) is 0 Å². The van der Waals surface area contributed by atoms with Crippen LogP contribution in [-0.2, 0) is 11.2 Å². The summed E-state index contributed by atoms with van der Waals surface area (Å²) in [7, 11) is 0. The molecule has 7 heteroatoms. The molecule has 1 atom stereocenters. The van der Waals surface area contributed by atoms with Gasteiger partial charge in [0.05, 0.1) is 12.3 Å². The van der Waals surface area contributed by atoms with Crippen LogP contribution < -0.4 is 4.74 Å². The van der Waals surface area contributed by atoms with Crippen LogP contribution in [0.3, 0.4) is 0 Å². The van der Waals surface area contributed by atoms with Gasteiger partial charge in [0.1, 0.15) is 18.9 Å². The van der Waals surface area contributed by atoms with E-state index in [9.17, 15) is 9.59 Å². The zero-order valence-electron chi connectivity index (χ0n) is 18.5. The highest BCUT2D eigenvalue weighted by Crippen LogP contribution is 2.34. The Hall–Kier alpha value is -3.06. The second-order valence-corrected chi connectivity index (χ2v) is 8.98. The summed E-state index contributed by atoms with van der Waals surface area (Å²) in [5, 5.41) is 2.07. The summed E-state index contributed by atoms with van der Waals surface area (Å²) in [4.78, 5) is 31.0. The maximum atomic E-state index is 13.4. The Morgan fingerprint density at radius 3 is 2.75 bits per heavy atom. The number of amides is 2. The zero-order valence-corrected chi connectivity index (χ0v) is 19.3. The normalized spacial score (nSPS) is 15.3. The Labute approximate surface area is 192 Å². The van der Waals surface area contributed by atoms with Crippen molar-refractivity contribution < 1.29 is 18.7 Å². The van der Waals surface area contributed by atoms with Gasteiger partial charge in [0, 0.05) is 18.0 Å². The number of ether oxygens (including phenoxy) is 1. The smallest absolute Gasteiger partial charge is 0.290 e. The van der Waals surface area contributed by atoms with E-state index < -0.39 is 0 Å². The maximum absolute atomic E-state index is 13.4. The number of carbonyl (C=O) groups excluding carboxylic acids is 2. The van der Waals surface area contributed by atoms with Crippen molar-refractivity contribution in [3.63, 3.8) is 0 Å². The fourth-order valence-corrected chi connectivity index (χ4v) is 4.94. The SMILES string of the molecule is CCCN(CC(=O)N1CCc2sccc2[C@H]1COc1ccc(C)cc1)C(=O)c1ccco1. The molecule has 3 heterocycles. The standard InChI is InChI=1S/C25H28N2O4S/c1-3-12-26(25(29)22-5-4-14-30-22)16-24(28)27-13-10-23-20(11-15-32-23)21(27)17-31-19-8-6-18(2)7-9-19/h4-9,11,14-15,21H,3,10,12-13,16-17H2,1-2H3/t21-/m1/s1. The summed E-state index contributed by atoms with van der Waals surface area (Å²) in [6.07, 6.45) is 3.05. The van der Waals surface area contributed by atoms with Gasteiger partial charge in [0.25, 0.3) is 5.91 Å². The molecule has 0 fully saturated rings. The molecule has 32 heavy (non-hydrogen) atoms. The van der Waals surface area contributed by atoms with Crippen molar-refractivity contribution >= 4 is 23.2 Å². The predicted molar refractivity (Wildman–Crippen MR) is 124 cm³/mol. The number of carbonyl (C=O) groups is 2. The van der Waals surface area contributed by atoms with E-state index in [2.05, 4.69) is 11.4 Å². The Balaban J connectivity index is 1.50. The molecule has 0 spiro atoms. The van der Waals surface area contributed by atoms with Gasteiger partial charge in [-0.1, -0.05) is 24.6 Å². The van der Waals surface area contributed by atoms with Crippen molar-refractivity contribution in [3.05, 3.63) is 75.9 Å². The molecule has 2 aromatic heterocycles. The van der Waals surface area contributed by atoms with Crippen molar-refractivity contribution in [1.29, 1.82) is 0 Å². The minimum atomic E-state index is -0.258. The van der Waals surface area contributed by atoms with Crippen LogP contribution in [0.25, 0.3) is 0 Å². The van der Waals surface area contributed by atoms with Crippen molar-refractivity contribution in [2.45, 2.75) is 32.7 Å². The van der Waals surface area contributed by atoms with Gasteiger partial charge in [0.2, 0.25) is 5.91 Å². The first kappa shape index (κ1) is 22.1. The van der Waals surface area contributed by atoms with Gasteiger partial charge in [-0.15, -0.1) is 11.3 Å². The fraction of sp³-hybridized carbons (Fsp3) is 0.360. The first-order valence-electron chi connectivity index (χ1n) is 10.9. The zero-order chi connectivity index (χ0) is 22.5. The molecule has 1 aliphatic rings. The lowest BCUT2D eigenvalue weighted by Gasteiger charge is -2.37. The van der Waals surface area contributed by atoms with E-state index in [0.717, 1.165) is 24.2 Å². The number of nitrogens with zero attached hydrogens (tertiary/aromatic N) is 2. The number of hydrogen-bond acceptors (Lipinski definition) is 5. The Kier molecular flexibility index (Phi) is 6.95. The molecule has 0 saturated heterocycles. The summed E-state index contributed by atoms with van der Waals surface area (Å²) in [5.41, 5.74) is 2.31. The van der Waals surface area contributed by atoms with Gasteiger partial charge < -0.3 is 19.0 Å². The molecule has 6 nitrogen and oxygen atoms in total. The number of furan rings is 1. The number of rotatable bonds is 8. The topological polar surface area (TPSA) is 63.0 Å². The Morgan fingerprint density at radius 1 is 1.22 bits per heavy atom. The quantitative estimate of drug-likeness (QED) is 0.497. The molecular weight excluding hydrogens is 424 g/mol. The van der Waals surface area contributed by atoms with E-state index >= 15 is 0 Å². The van der Waals surface area contributed by atoms with Crippen LogP contribution in [-0.4, -0.2) is 47.9 Å².